The lowest BCUT2D eigenvalue weighted by atomic mass is 10.2. The number of hydrogen-bond acceptors (Lipinski definition) is 5. The van der Waals surface area contributed by atoms with Crippen molar-refractivity contribution < 1.29 is 4.79 Å². The van der Waals surface area contributed by atoms with Crippen LogP contribution < -0.4 is 5.73 Å². The SMILES string of the molecule is CN(C(=O)c1sc2ncccc2c1N)C1CCSC1. The van der Waals surface area contributed by atoms with E-state index in [9.17, 15) is 4.79 Å². The molecule has 3 rings (SSSR count). The first kappa shape index (κ1) is 12.7. The monoisotopic (exact) mass is 293 g/mol. The van der Waals surface area contributed by atoms with E-state index in [0.717, 1.165) is 28.1 Å². The number of hydrogen-bond donors (Lipinski definition) is 1. The van der Waals surface area contributed by atoms with E-state index in [0.29, 0.717) is 16.6 Å². The Morgan fingerprint density at radius 3 is 3.11 bits per heavy atom. The number of aromatic nitrogens is 1. The highest BCUT2D eigenvalue weighted by atomic mass is 32.2. The summed E-state index contributed by atoms with van der Waals surface area (Å²) in [7, 11) is 1.87. The van der Waals surface area contributed by atoms with E-state index in [2.05, 4.69) is 4.98 Å². The second-order valence-corrected chi connectivity index (χ2v) is 6.78. The number of thiophene rings is 1. The van der Waals surface area contributed by atoms with Crippen molar-refractivity contribution in [2.45, 2.75) is 12.5 Å². The summed E-state index contributed by atoms with van der Waals surface area (Å²) in [5, 5.41) is 0.880. The summed E-state index contributed by atoms with van der Waals surface area (Å²) in [6, 6.07) is 4.09. The molecule has 1 aliphatic heterocycles. The molecule has 0 aromatic carbocycles. The highest BCUT2D eigenvalue weighted by molar-refractivity contribution is 7.99. The number of fused-ring (bicyclic) bond motifs is 1. The lowest BCUT2D eigenvalue weighted by molar-refractivity contribution is 0.0754. The number of carbonyl (C=O) groups excluding carboxylic acids is 1. The fourth-order valence-corrected chi connectivity index (χ4v) is 4.58. The topological polar surface area (TPSA) is 59.2 Å². The highest BCUT2D eigenvalue weighted by Crippen LogP contribution is 2.33. The van der Waals surface area contributed by atoms with Crippen molar-refractivity contribution in [2.75, 3.05) is 24.3 Å². The van der Waals surface area contributed by atoms with Gasteiger partial charge in [0, 0.05) is 30.4 Å². The molecule has 2 aromatic rings. The van der Waals surface area contributed by atoms with Crippen LogP contribution in [0.1, 0.15) is 16.1 Å². The van der Waals surface area contributed by atoms with E-state index >= 15 is 0 Å². The van der Waals surface area contributed by atoms with Gasteiger partial charge in [-0.25, -0.2) is 4.98 Å². The van der Waals surface area contributed by atoms with Gasteiger partial charge < -0.3 is 10.6 Å². The third kappa shape index (κ3) is 2.19. The van der Waals surface area contributed by atoms with E-state index in [-0.39, 0.29) is 5.91 Å². The van der Waals surface area contributed by atoms with E-state index in [1.807, 2.05) is 35.8 Å². The minimum Gasteiger partial charge on any atom is -0.397 e. The quantitative estimate of drug-likeness (QED) is 0.924. The van der Waals surface area contributed by atoms with Crippen LogP contribution in [0.25, 0.3) is 10.2 Å². The van der Waals surface area contributed by atoms with Crippen molar-refractivity contribution in [2.24, 2.45) is 0 Å². The normalized spacial score (nSPS) is 18.9. The third-order valence-corrected chi connectivity index (χ3v) is 5.73. The Bertz CT molecular complexity index is 619. The minimum absolute atomic E-state index is 0.0213. The molecule has 0 aliphatic carbocycles. The van der Waals surface area contributed by atoms with Crippen LogP contribution >= 0.6 is 23.1 Å². The molecule has 0 saturated carbocycles. The van der Waals surface area contributed by atoms with Gasteiger partial charge in [0.25, 0.3) is 5.91 Å². The van der Waals surface area contributed by atoms with Gasteiger partial charge in [-0.15, -0.1) is 11.3 Å². The maximum atomic E-state index is 12.5. The summed E-state index contributed by atoms with van der Waals surface area (Å²) in [5.41, 5.74) is 6.66. The van der Waals surface area contributed by atoms with Crippen molar-refractivity contribution in [1.29, 1.82) is 0 Å². The Balaban J connectivity index is 1.94. The van der Waals surface area contributed by atoms with Crippen LogP contribution in [0.3, 0.4) is 0 Å². The lowest BCUT2D eigenvalue weighted by Crippen LogP contribution is -2.36. The second kappa shape index (κ2) is 5.02. The van der Waals surface area contributed by atoms with Gasteiger partial charge in [0.1, 0.15) is 9.71 Å². The molecule has 3 heterocycles. The smallest absolute Gasteiger partial charge is 0.266 e. The van der Waals surface area contributed by atoms with E-state index in [4.69, 9.17) is 5.73 Å². The van der Waals surface area contributed by atoms with Crippen LogP contribution in [-0.2, 0) is 0 Å². The molecule has 4 nitrogen and oxygen atoms in total. The molecule has 1 aliphatic rings. The molecule has 19 heavy (non-hydrogen) atoms. The summed E-state index contributed by atoms with van der Waals surface area (Å²) < 4.78 is 0. The number of thioether (sulfide) groups is 1. The molecular weight excluding hydrogens is 278 g/mol. The van der Waals surface area contributed by atoms with Crippen LogP contribution in [-0.4, -0.2) is 40.4 Å². The Hall–Kier alpha value is -1.27. The van der Waals surface area contributed by atoms with Gasteiger partial charge in [0.05, 0.1) is 5.69 Å². The molecule has 1 amide bonds. The standard InChI is InChI=1S/C13H15N3OS2/c1-16(8-4-6-18-7-8)13(17)11-10(14)9-3-2-5-15-12(9)19-11/h2-3,5,8H,4,6-7,14H2,1H3. The van der Waals surface area contributed by atoms with Gasteiger partial charge in [0.2, 0.25) is 0 Å². The average Bonchev–Trinajstić information content (AvgIpc) is 3.06. The molecule has 0 spiro atoms. The predicted molar refractivity (Wildman–Crippen MR) is 81.9 cm³/mol. The Morgan fingerprint density at radius 1 is 1.58 bits per heavy atom. The zero-order valence-electron chi connectivity index (χ0n) is 10.6. The number of carbonyl (C=O) groups is 1. The molecule has 6 heteroatoms. The fourth-order valence-electron chi connectivity index (χ4n) is 2.26. The van der Waals surface area contributed by atoms with Gasteiger partial charge in [-0.2, -0.15) is 11.8 Å². The number of anilines is 1. The van der Waals surface area contributed by atoms with Crippen molar-refractivity contribution in [3.63, 3.8) is 0 Å². The summed E-state index contributed by atoms with van der Waals surface area (Å²) in [6.45, 7) is 0. The molecule has 1 fully saturated rings. The Labute approximate surface area is 120 Å². The molecule has 100 valence electrons. The number of pyridine rings is 1. The fraction of sp³-hybridized carbons (Fsp3) is 0.385. The molecule has 2 aromatic heterocycles. The maximum Gasteiger partial charge on any atom is 0.266 e. The van der Waals surface area contributed by atoms with Gasteiger partial charge in [0.15, 0.2) is 0 Å². The molecule has 1 saturated heterocycles. The van der Waals surface area contributed by atoms with Crippen molar-refractivity contribution in [1.82, 2.24) is 9.88 Å². The first-order valence-electron chi connectivity index (χ1n) is 6.16. The van der Waals surface area contributed by atoms with E-state index < -0.39 is 0 Å². The van der Waals surface area contributed by atoms with Crippen molar-refractivity contribution >= 4 is 44.9 Å². The second-order valence-electron chi connectivity index (χ2n) is 4.63. The number of nitrogens with two attached hydrogens (primary N) is 1. The summed E-state index contributed by atoms with van der Waals surface area (Å²) in [5.74, 6) is 2.17. The van der Waals surface area contributed by atoms with E-state index in [1.165, 1.54) is 11.3 Å². The van der Waals surface area contributed by atoms with Crippen LogP contribution in [0.4, 0.5) is 5.69 Å². The molecule has 0 radical (unpaired) electrons. The van der Waals surface area contributed by atoms with Gasteiger partial charge in [-0.3, -0.25) is 4.79 Å². The summed E-state index contributed by atoms with van der Waals surface area (Å²) >= 11 is 3.28. The molecule has 1 atom stereocenters. The van der Waals surface area contributed by atoms with Crippen LogP contribution in [0.15, 0.2) is 18.3 Å². The molecule has 1 unspecified atom stereocenters. The molecule has 2 N–H and O–H groups in total. The number of rotatable bonds is 2. The number of nitrogen functional groups attached to an aromatic ring is 1. The first-order chi connectivity index (χ1) is 9.18. The average molecular weight is 293 g/mol. The number of nitrogens with zero attached hydrogens (tertiary/aromatic N) is 2. The third-order valence-electron chi connectivity index (χ3n) is 3.47. The molecule has 0 bridgehead atoms. The van der Waals surface area contributed by atoms with Gasteiger partial charge in [-0.1, -0.05) is 0 Å². The summed E-state index contributed by atoms with van der Waals surface area (Å²) in [4.78, 5) is 20.1. The summed E-state index contributed by atoms with van der Waals surface area (Å²) in [6.07, 6.45) is 2.79. The minimum atomic E-state index is 0.0213. The zero-order chi connectivity index (χ0) is 13.4. The van der Waals surface area contributed by atoms with Crippen LogP contribution in [0, 0.1) is 0 Å². The largest absolute Gasteiger partial charge is 0.397 e. The van der Waals surface area contributed by atoms with Crippen LogP contribution in [0.2, 0.25) is 0 Å². The van der Waals surface area contributed by atoms with Crippen molar-refractivity contribution in [3.8, 4) is 0 Å². The van der Waals surface area contributed by atoms with Crippen LogP contribution in [0.5, 0.6) is 0 Å². The molecular formula is C13H15N3OS2. The van der Waals surface area contributed by atoms with Gasteiger partial charge in [-0.05, 0) is 24.3 Å². The lowest BCUT2D eigenvalue weighted by Gasteiger charge is -2.23. The van der Waals surface area contributed by atoms with E-state index in [1.54, 1.807) is 6.20 Å². The Morgan fingerprint density at radius 2 is 2.42 bits per heavy atom. The van der Waals surface area contributed by atoms with Gasteiger partial charge >= 0.3 is 0 Å². The van der Waals surface area contributed by atoms with Crippen molar-refractivity contribution in [3.05, 3.63) is 23.2 Å². The first-order valence-corrected chi connectivity index (χ1v) is 8.13. The predicted octanol–water partition coefficient (Wildman–Crippen LogP) is 2.46. The number of amides is 1. The highest BCUT2D eigenvalue weighted by Gasteiger charge is 2.27. The zero-order valence-corrected chi connectivity index (χ0v) is 12.3. The Kier molecular flexibility index (Phi) is 3.36. The maximum absolute atomic E-state index is 12.5.